The van der Waals surface area contributed by atoms with Gasteiger partial charge in [-0.05, 0) is 31.5 Å². The first-order chi connectivity index (χ1) is 9.86. The molecule has 0 saturated heterocycles. The summed E-state index contributed by atoms with van der Waals surface area (Å²) in [6, 6.07) is 6.00. The lowest BCUT2D eigenvalue weighted by molar-refractivity contribution is -0.136. The average molecular weight is 293 g/mol. The molecule has 1 aromatic carbocycles. The highest BCUT2D eigenvalue weighted by Crippen LogP contribution is 2.11. The van der Waals surface area contributed by atoms with Crippen LogP contribution in [0, 0.1) is 0 Å². The lowest BCUT2D eigenvalue weighted by Crippen LogP contribution is -2.41. The number of carboxylic acid groups (broad SMARTS) is 1. The Kier molecular flexibility index (Phi) is 6.19. The summed E-state index contributed by atoms with van der Waals surface area (Å²) in [7, 11) is 0. The zero-order valence-corrected chi connectivity index (χ0v) is 12.0. The molecule has 21 heavy (non-hydrogen) atoms. The number of amides is 3. The molecule has 0 atom stereocenters. The van der Waals surface area contributed by atoms with Crippen LogP contribution in [0.4, 0.5) is 10.5 Å². The Hall–Kier alpha value is -2.57. The number of hydrogen-bond donors (Lipinski definition) is 4. The van der Waals surface area contributed by atoms with Gasteiger partial charge in [0.25, 0.3) is 0 Å². The predicted octanol–water partition coefficient (Wildman–Crippen LogP) is 0.960. The summed E-state index contributed by atoms with van der Waals surface area (Å²) in [5, 5.41) is 16.3. The topological polar surface area (TPSA) is 108 Å². The van der Waals surface area contributed by atoms with Crippen LogP contribution in [0.1, 0.15) is 19.4 Å². The van der Waals surface area contributed by atoms with Crippen molar-refractivity contribution in [2.45, 2.75) is 26.3 Å². The number of carbonyl (C=O) groups excluding carboxylic acids is 2. The highest BCUT2D eigenvalue weighted by molar-refractivity contribution is 5.92. The molecule has 0 aliphatic carbocycles. The van der Waals surface area contributed by atoms with E-state index in [0.717, 1.165) is 0 Å². The summed E-state index contributed by atoms with van der Waals surface area (Å²) in [6.45, 7) is 3.52. The minimum Gasteiger partial charge on any atom is -0.481 e. The summed E-state index contributed by atoms with van der Waals surface area (Å²) in [5.41, 5.74) is 1.05. The smallest absolute Gasteiger partial charge is 0.319 e. The minimum absolute atomic E-state index is 0.00932. The van der Waals surface area contributed by atoms with Crippen molar-refractivity contribution in [3.8, 4) is 0 Å². The van der Waals surface area contributed by atoms with Crippen LogP contribution in [-0.2, 0) is 16.0 Å². The second kappa shape index (κ2) is 7.88. The molecule has 0 aliphatic heterocycles. The third-order valence-electron chi connectivity index (χ3n) is 2.40. The molecule has 0 aromatic heterocycles. The Balaban J connectivity index is 2.47. The van der Waals surface area contributed by atoms with Crippen molar-refractivity contribution in [1.82, 2.24) is 10.6 Å². The molecule has 0 fully saturated rings. The van der Waals surface area contributed by atoms with E-state index in [1.807, 2.05) is 13.8 Å². The summed E-state index contributed by atoms with van der Waals surface area (Å²) in [6.07, 6.45) is -0.117. The van der Waals surface area contributed by atoms with Crippen LogP contribution in [-0.4, -0.2) is 35.6 Å². The molecule has 114 valence electrons. The Bertz CT molecular complexity index is 529. The number of benzene rings is 1. The average Bonchev–Trinajstić information content (AvgIpc) is 2.35. The number of aliphatic carboxylic acids is 1. The van der Waals surface area contributed by atoms with Crippen molar-refractivity contribution in [3.63, 3.8) is 0 Å². The fourth-order valence-electron chi connectivity index (χ4n) is 1.64. The maximum Gasteiger partial charge on any atom is 0.319 e. The summed E-state index contributed by atoms with van der Waals surface area (Å²) < 4.78 is 0. The highest BCUT2D eigenvalue weighted by Gasteiger charge is 2.07. The quantitative estimate of drug-likeness (QED) is 0.626. The van der Waals surface area contributed by atoms with Gasteiger partial charge in [0.2, 0.25) is 5.91 Å². The van der Waals surface area contributed by atoms with E-state index >= 15 is 0 Å². The van der Waals surface area contributed by atoms with Gasteiger partial charge in [-0.3, -0.25) is 9.59 Å². The van der Waals surface area contributed by atoms with Crippen molar-refractivity contribution in [3.05, 3.63) is 29.8 Å². The lowest BCUT2D eigenvalue weighted by Gasteiger charge is -2.10. The molecule has 7 nitrogen and oxygen atoms in total. The third kappa shape index (κ3) is 6.95. The molecule has 0 bridgehead atoms. The number of carboxylic acids is 1. The predicted molar refractivity (Wildman–Crippen MR) is 78.1 cm³/mol. The molecule has 0 heterocycles. The molecular weight excluding hydrogens is 274 g/mol. The fraction of sp³-hybridized carbons (Fsp3) is 0.357. The van der Waals surface area contributed by atoms with Crippen LogP contribution in [0.5, 0.6) is 0 Å². The number of carbonyl (C=O) groups is 3. The summed E-state index contributed by atoms with van der Waals surface area (Å²) >= 11 is 0. The molecule has 1 aromatic rings. The van der Waals surface area contributed by atoms with E-state index in [1.54, 1.807) is 24.3 Å². The lowest BCUT2D eigenvalue weighted by atomic mass is 10.1. The molecule has 0 radical (unpaired) electrons. The number of rotatable bonds is 6. The van der Waals surface area contributed by atoms with Crippen molar-refractivity contribution in [2.24, 2.45) is 0 Å². The third-order valence-corrected chi connectivity index (χ3v) is 2.40. The van der Waals surface area contributed by atoms with Crippen LogP contribution < -0.4 is 16.0 Å². The fourth-order valence-corrected chi connectivity index (χ4v) is 1.64. The van der Waals surface area contributed by atoms with E-state index in [1.165, 1.54) is 0 Å². The Morgan fingerprint density at radius 1 is 1.24 bits per heavy atom. The van der Waals surface area contributed by atoms with Gasteiger partial charge in [0.05, 0.1) is 13.0 Å². The van der Waals surface area contributed by atoms with Gasteiger partial charge >= 0.3 is 12.0 Å². The van der Waals surface area contributed by atoms with Gasteiger partial charge in [0.1, 0.15) is 0 Å². The molecular formula is C14H19N3O4. The molecule has 0 aliphatic rings. The van der Waals surface area contributed by atoms with Gasteiger partial charge in [-0.2, -0.15) is 0 Å². The van der Waals surface area contributed by atoms with Crippen LogP contribution in [0.25, 0.3) is 0 Å². The molecule has 0 unspecified atom stereocenters. The van der Waals surface area contributed by atoms with Crippen molar-refractivity contribution in [2.75, 3.05) is 11.9 Å². The van der Waals surface area contributed by atoms with E-state index in [-0.39, 0.29) is 24.9 Å². The highest BCUT2D eigenvalue weighted by atomic mass is 16.4. The van der Waals surface area contributed by atoms with Gasteiger partial charge in [0, 0.05) is 11.7 Å². The Labute approximate surface area is 122 Å². The Morgan fingerprint density at radius 2 is 1.95 bits per heavy atom. The Morgan fingerprint density at radius 3 is 2.57 bits per heavy atom. The van der Waals surface area contributed by atoms with Gasteiger partial charge in [-0.15, -0.1) is 0 Å². The van der Waals surface area contributed by atoms with E-state index in [9.17, 15) is 14.4 Å². The number of urea groups is 1. The largest absolute Gasteiger partial charge is 0.481 e. The minimum atomic E-state index is -0.943. The van der Waals surface area contributed by atoms with Crippen LogP contribution in [0.3, 0.4) is 0 Å². The van der Waals surface area contributed by atoms with Crippen molar-refractivity contribution < 1.29 is 19.5 Å². The maximum atomic E-state index is 11.6. The molecule has 0 saturated carbocycles. The molecule has 0 spiro atoms. The van der Waals surface area contributed by atoms with Gasteiger partial charge in [-0.1, -0.05) is 12.1 Å². The number of anilines is 1. The number of hydrogen-bond acceptors (Lipinski definition) is 3. The zero-order valence-electron chi connectivity index (χ0n) is 12.0. The second-order valence-electron chi connectivity index (χ2n) is 4.80. The number of nitrogens with one attached hydrogen (secondary N) is 3. The van der Waals surface area contributed by atoms with E-state index in [0.29, 0.717) is 11.3 Å². The van der Waals surface area contributed by atoms with Crippen molar-refractivity contribution >= 4 is 23.6 Å². The van der Waals surface area contributed by atoms with Crippen LogP contribution in [0.2, 0.25) is 0 Å². The van der Waals surface area contributed by atoms with Crippen LogP contribution >= 0.6 is 0 Å². The van der Waals surface area contributed by atoms with Crippen molar-refractivity contribution in [1.29, 1.82) is 0 Å². The first kappa shape index (κ1) is 16.5. The molecule has 4 N–H and O–H groups in total. The normalized spacial score (nSPS) is 10.0. The standard InChI is InChI=1S/C14H19N3O4/c1-9(2)16-12(18)8-15-14(21)17-11-5-3-4-10(6-11)7-13(19)20/h3-6,9H,7-8H2,1-2H3,(H,16,18)(H,19,20)(H2,15,17,21). The monoisotopic (exact) mass is 293 g/mol. The van der Waals surface area contributed by atoms with Gasteiger partial charge in [0.15, 0.2) is 0 Å². The zero-order chi connectivity index (χ0) is 15.8. The summed E-state index contributed by atoms with van der Waals surface area (Å²) in [5.74, 6) is -1.22. The van der Waals surface area contributed by atoms with Gasteiger partial charge in [-0.25, -0.2) is 4.79 Å². The molecule has 3 amide bonds. The summed E-state index contributed by atoms with van der Waals surface area (Å²) in [4.78, 5) is 33.6. The molecule has 1 rings (SSSR count). The maximum absolute atomic E-state index is 11.6. The van der Waals surface area contributed by atoms with E-state index < -0.39 is 12.0 Å². The SMILES string of the molecule is CC(C)NC(=O)CNC(=O)Nc1cccc(CC(=O)O)c1. The second-order valence-corrected chi connectivity index (χ2v) is 4.80. The van der Waals surface area contributed by atoms with E-state index in [2.05, 4.69) is 16.0 Å². The van der Waals surface area contributed by atoms with E-state index in [4.69, 9.17) is 5.11 Å². The molecule has 7 heteroatoms. The first-order valence-electron chi connectivity index (χ1n) is 6.51. The first-order valence-corrected chi connectivity index (χ1v) is 6.51. The van der Waals surface area contributed by atoms with Crippen LogP contribution in [0.15, 0.2) is 24.3 Å². The van der Waals surface area contributed by atoms with Gasteiger partial charge < -0.3 is 21.1 Å².